The minimum Gasteiger partial charge on any atom is -0.327 e. The quantitative estimate of drug-likeness (QED) is 0.596. The van der Waals surface area contributed by atoms with Crippen molar-refractivity contribution in [2.75, 3.05) is 0 Å². The molecule has 4 aliphatic rings. The first-order chi connectivity index (χ1) is 8.89. The number of rotatable bonds is 4. The van der Waals surface area contributed by atoms with Gasteiger partial charge in [0.1, 0.15) is 0 Å². The predicted octanol–water partition coefficient (Wildman–Crippen LogP) is 4.11. The van der Waals surface area contributed by atoms with E-state index in [0.717, 1.165) is 25.2 Å². The van der Waals surface area contributed by atoms with Gasteiger partial charge in [-0.1, -0.05) is 13.8 Å². The van der Waals surface area contributed by atoms with Crippen LogP contribution >= 0.6 is 0 Å². The Morgan fingerprint density at radius 3 is 2.32 bits per heavy atom. The van der Waals surface area contributed by atoms with Crippen LogP contribution in [-0.4, -0.2) is 6.04 Å². The fourth-order valence-corrected chi connectivity index (χ4v) is 6.68. The zero-order valence-electron chi connectivity index (χ0n) is 12.7. The topological polar surface area (TPSA) is 26.0 Å². The highest BCUT2D eigenvalue weighted by Gasteiger charge is 2.61. The molecule has 0 radical (unpaired) electrons. The lowest BCUT2D eigenvalue weighted by atomic mass is 9.39. The number of unbranched alkanes of at least 4 members (excludes halogenated alkanes) is 1. The van der Waals surface area contributed by atoms with Crippen LogP contribution in [0.5, 0.6) is 0 Å². The van der Waals surface area contributed by atoms with Crippen molar-refractivity contribution in [3.63, 3.8) is 0 Å². The number of terminal acetylenes is 1. The maximum atomic E-state index is 6.66. The Morgan fingerprint density at radius 1 is 1.16 bits per heavy atom. The first-order valence-electron chi connectivity index (χ1n) is 8.08. The van der Waals surface area contributed by atoms with Crippen LogP contribution in [-0.2, 0) is 0 Å². The normalized spacial score (nSPS) is 49.1. The molecule has 0 aliphatic heterocycles. The van der Waals surface area contributed by atoms with E-state index in [-0.39, 0.29) is 0 Å². The van der Waals surface area contributed by atoms with Crippen molar-refractivity contribution < 1.29 is 0 Å². The van der Waals surface area contributed by atoms with Gasteiger partial charge >= 0.3 is 0 Å². The summed E-state index contributed by atoms with van der Waals surface area (Å²) in [6.07, 6.45) is 17.0. The van der Waals surface area contributed by atoms with E-state index in [9.17, 15) is 0 Å². The molecule has 4 rings (SSSR count). The Labute approximate surface area is 118 Å². The van der Waals surface area contributed by atoms with Gasteiger partial charge in [0, 0.05) is 12.5 Å². The van der Waals surface area contributed by atoms with E-state index < -0.39 is 0 Å². The lowest BCUT2D eigenvalue weighted by Crippen LogP contribution is -2.60. The predicted molar refractivity (Wildman–Crippen MR) is 80.5 cm³/mol. The highest BCUT2D eigenvalue weighted by atomic mass is 14.8. The molecular weight excluding hydrogens is 230 g/mol. The van der Waals surface area contributed by atoms with Crippen LogP contribution in [0.3, 0.4) is 0 Å². The maximum Gasteiger partial charge on any atom is 0.00964 e. The van der Waals surface area contributed by atoms with E-state index in [4.69, 9.17) is 12.2 Å². The van der Waals surface area contributed by atoms with Gasteiger partial charge < -0.3 is 5.73 Å². The summed E-state index contributed by atoms with van der Waals surface area (Å²) in [7, 11) is 0. The summed E-state index contributed by atoms with van der Waals surface area (Å²) in [4.78, 5) is 0. The van der Waals surface area contributed by atoms with Gasteiger partial charge in [0.15, 0.2) is 0 Å². The van der Waals surface area contributed by atoms with Crippen LogP contribution in [0.15, 0.2) is 0 Å². The molecule has 0 heterocycles. The van der Waals surface area contributed by atoms with Gasteiger partial charge in [0.25, 0.3) is 0 Å². The molecule has 1 nitrogen and oxygen atoms in total. The van der Waals surface area contributed by atoms with Crippen LogP contribution in [0.25, 0.3) is 0 Å². The summed E-state index contributed by atoms with van der Waals surface area (Å²) in [6.45, 7) is 5.05. The zero-order chi connectivity index (χ0) is 13.7. The molecule has 1 heteroatoms. The summed E-state index contributed by atoms with van der Waals surface area (Å²) < 4.78 is 0. The van der Waals surface area contributed by atoms with E-state index in [1.54, 1.807) is 0 Å². The lowest BCUT2D eigenvalue weighted by Gasteiger charge is -2.67. The molecule has 2 N–H and O–H groups in total. The standard InChI is InChI=1S/C18H29N/c1-4-5-6-7-15(19)18-10-14-8-16(2,12-18)11-17(3,9-14)13-18/h1,14-15H,5-13,19H2,2-3H3. The van der Waals surface area contributed by atoms with Crippen molar-refractivity contribution in [1.82, 2.24) is 0 Å². The van der Waals surface area contributed by atoms with Gasteiger partial charge in [-0.25, -0.2) is 0 Å². The molecular formula is C18H29N. The maximum absolute atomic E-state index is 6.66. The van der Waals surface area contributed by atoms with Gasteiger partial charge in [-0.3, -0.25) is 0 Å². The van der Waals surface area contributed by atoms with E-state index in [2.05, 4.69) is 19.8 Å². The summed E-state index contributed by atoms with van der Waals surface area (Å²) in [6, 6.07) is 0.378. The van der Waals surface area contributed by atoms with E-state index in [0.29, 0.717) is 22.3 Å². The third-order valence-electron chi connectivity index (χ3n) is 6.29. The van der Waals surface area contributed by atoms with Crippen LogP contribution < -0.4 is 5.73 Å². The second-order valence-corrected chi connectivity index (χ2v) is 8.70. The summed E-state index contributed by atoms with van der Waals surface area (Å²) in [5.74, 6) is 3.71. The van der Waals surface area contributed by atoms with Crippen molar-refractivity contribution in [2.45, 2.75) is 77.7 Å². The SMILES string of the molecule is C#CCCCC(N)C12CC3CC(C)(CC(C)(C3)C1)C2. The molecule has 0 amide bonds. The average Bonchev–Trinajstić information content (AvgIpc) is 2.24. The molecule has 4 fully saturated rings. The lowest BCUT2D eigenvalue weighted by molar-refractivity contribution is -0.154. The van der Waals surface area contributed by atoms with Gasteiger partial charge in [-0.05, 0) is 73.5 Å². The van der Waals surface area contributed by atoms with E-state index in [1.807, 2.05) is 0 Å². The number of hydrogen-bond donors (Lipinski definition) is 1. The molecule has 106 valence electrons. The highest BCUT2D eigenvalue weighted by molar-refractivity contribution is 5.13. The molecule has 3 atom stereocenters. The zero-order valence-corrected chi connectivity index (χ0v) is 12.7. The highest BCUT2D eigenvalue weighted by Crippen LogP contribution is 2.70. The monoisotopic (exact) mass is 259 g/mol. The molecule has 19 heavy (non-hydrogen) atoms. The summed E-state index contributed by atoms with van der Waals surface area (Å²) >= 11 is 0. The van der Waals surface area contributed by atoms with Crippen molar-refractivity contribution in [1.29, 1.82) is 0 Å². The fourth-order valence-electron chi connectivity index (χ4n) is 6.68. The number of nitrogens with two attached hydrogens (primary N) is 1. The third-order valence-corrected chi connectivity index (χ3v) is 6.29. The molecule has 3 unspecified atom stereocenters. The van der Waals surface area contributed by atoms with E-state index >= 15 is 0 Å². The largest absolute Gasteiger partial charge is 0.327 e. The Bertz CT molecular complexity index is 386. The minimum absolute atomic E-state index is 0.378. The van der Waals surface area contributed by atoms with Gasteiger partial charge in [0.05, 0.1) is 0 Å². The van der Waals surface area contributed by atoms with Crippen molar-refractivity contribution >= 4 is 0 Å². The van der Waals surface area contributed by atoms with Crippen LogP contribution in [0, 0.1) is 34.5 Å². The molecule has 4 saturated carbocycles. The van der Waals surface area contributed by atoms with E-state index in [1.165, 1.54) is 38.5 Å². The van der Waals surface area contributed by atoms with Crippen LogP contribution in [0.2, 0.25) is 0 Å². The Balaban J connectivity index is 1.78. The van der Waals surface area contributed by atoms with Crippen molar-refractivity contribution in [2.24, 2.45) is 27.9 Å². The second-order valence-electron chi connectivity index (χ2n) is 8.70. The molecule has 4 aliphatic carbocycles. The molecule has 0 spiro atoms. The van der Waals surface area contributed by atoms with Gasteiger partial charge in [0.2, 0.25) is 0 Å². The Kier molecular flexibility index (Phi) is 3.02. The molecule has 0 aromatic carbocycles. The average molecular weight is 259 g/mol. The summed E-state index contributed by atoms with van der Waals surface area (Å²) in [5, 5.41) is 0. The Hall–Kier alpha value is -0.480. The van der Waals surface area contributed by atoms with Crippen LogP contribution in [0.4, 0.5) is 0 Å². The molecule has 0 aromatic rings. The smallest absolute Gasteiger partial charge is 0.00964 e. The Morgan fingerprint density at radius 2 is 1.79 bits per heavy atom. The number of hydrogen-bond acceptors (Lipinski definition) is 1. The minimum atomic E-state index is 0.378. The van der Waals surface area contributed by atoms with Crippen LogP contribution in [0.1, 0.15) is 71.6 Å². The van der Waals surface area contributed by atoms with Gasteiger partial charge in [-0.2, -0.15) is 0 Å². The molecule has 4 bridgehead atoms. The first-order valence-corrected chi connectivity index (χ1v) is 8.08. The third kappa shape index (κ3) is 2.23. The second kappa shape index (κ2) is 4.26. The first kappa shape index (κ1) is 13.5. The summed E-state index contributed by atoms with van der Waals surface area (Å²) in [5.41, 5.74) is 8.27. The fraction of sp³-hybridized carbons (Fsp3) is 0.889. The molecule has 0 saturated heterocycles. The van der Waals surface area contributed by atoms with Crippen molar-refractivity contribution in [3.8, 4) is 12.3 Å². The molecule has 0 aromatic heterocycles. The van der Waals surface area contributed by atoms with Gasteiger partial charge in [-0.15, -0.1) is 12.3 Å². The van der Waals surface area contributed by atoms with Crippen molar-refractivity contribution in [3.05, 3.63) is 0 Å².